The fourth-order valence-electron chi connectivity index (χ4n) is 3.56. The summed E-state index contributed by atoms with van der Waals surface area (Å²) < 4.78 is 16.1. The highest BCUT2D eigenvalue weighted by Gasteiger charge is 2.20. The summed E-state index contributed by atoms with van der Waals surface area (Å²) in [5.74, 6) is 1.40. The first-order valence-electron chi connectivity index (χ1n) is 10.0. The molecule has 0 unspecified atom stereocenters. The standard InChI is InChI=1S/C23H30N2O4/c1-4-25(16-18-9-10-21(27-2)22(15-18)28-3)23(26)20-8-6-5-7-19(20)17-24-11-13-29-14-12-24/h5-10,15H,4,11-14,16-17H2,1-3H3. The topological polar surface area (TPSA) is 51.2 Å². The summed E-state index contributed by atoms with van der Waals surface area (Å²) >= 11 is 0. The Bertz CT molecular complexity index is 818. The largest absolute Gasteiger partial charge is 0.493 e. The van der Waals surface area contributed by atoms with Crippen LogP contribution in [-0.2, 0) is 17.8 Å². The van der Waals surface area contributed by atoms with Crippen molar-refractivity contribution in [3.63, 3.8) is 0 Å². The van der Waals surface area contributed by atoms with E-state index >= 15 is 0 Å². The minimum absolute atomic E-state index is 0.0474. The number of methoxy groups -OCH3 is 2. The molecule has 0 atom stereocenters. The highest BCUT2D eigenvalue weighted by atomic mass is 16.5. The van der Waals surface area contributed by atoms with Gasteiger partial charge in [-0.2, -0.15) is 0 Å². The Kier molecular flexibility index (Phi) is 7.49. The summed E-state index contributed by atoms with van der Waals surface area (Å²) in [5, 5.41) is 0. The van der Waals surface area contributed by atoms with Crippen molar-refractivity contribution in [3.8, 4) is 11.5 Å². The number of nitrogens with zero attached hydrogens (tertiary/aromatic N) is 2. The van der Waals surface area contributed by atoms with Gasteiger partial charge in [0.15, 0.2) is 11.5 Å². The molecule has 6 nitrogen and oxygen atoms in total. The van der Waals surface area contributed by atoms with Crippen LogP contribution in [0.25, 0.3) is 0 Å². The number of benzene rings is 2. The van der Waals surface area contributed by atoms with Crippen LogP contribution in [0.1, 0.15) is 28.4 Å². The zero-order valence-corrected chi connectivity index (χ0v) is 17.5. The highest BCUT2D eigenvalue weighted by Crippen LogP contribution is 2.28. The van der Waals surface area contributed by atoms with E-state index in [1.807, 2.05) is 54.3 Å². The van der Waals surface area contributed by atoms with Gasteiger partial charge < -0.3 is 19.1 Å². The van der Waals surface area contributed by atoms with Crippen molar-refractivity contribution in [3.05, 3.63) is 59.2 Å². The summed E-state index contributed by atoms with van der Waals surface area (Å²) in [6.07, 6.45) is 0. The zero-order chi connectivity index (χ0) is 20.6. The second kappa shape index (κ2) is 10.3. The molecule has 1 amide bonds. The van der Waals surface area contributed by atoms with E-state index in [1.54, 1.807) is 14.2 Å². The van der Waals surface area contributed by atoms with Crippen LogP contribution in [0.2, 0.25) is 0 Å². The van der Waals surface area contributed by atoms with Crippen molar-refractivity contribution in [1.29, 1.82) is 0 Å². The Hall–Kier alpha value is -2.57. The van der Waals surface area contributed by atoms with Crippen LogP contribution >= 0.6 is 0 Å². The van der Waals surface area contributed by atoms with E-state index in [1.165, 1.54) is 0 Å². The second-order valence-electron chi connectivity index (χ2n) is 7.05. The molecule has 0 aromatic heterocycles. The summed E-state index contributed by atoms with van der Waals surface area (Å²) in [7, 11) is 3.23. The minimum atomic E-state index is 0.0474. The molecule has 1 aliphatic rings. The second-order valence-corrected chi connectivity index (χ2v) is 7.05. The number of rotatable bonds is 8. The van der Waals surface area contributed by atoms with Gasteiger partial charge in [0.2, 0.25) is 0 Å². The molecule has 0 bridgehead atoms. The third-order valence-corrected chi connectivity index (χ3v) is 5.24. The van der Waals surface area contributed by atoms with Crippen LogP contribution in [0.5, 0.6) is 11.5 Å². The molecule has 0 aliphatic carbocycles. The quantitative estimate of drug-likeness (QED) is 0.684. The van der Waals surface area contributed by atoms with Gasteiger partial charge in [-0.1, -0.05) is 24.3 Å². The Labute approximate surface area is 173 Å². The average Bonchev–Trinajstić information content (AvgIpc) is 2.78. The predicted molar refractivity (Wildman–Crippen MR) is 112 cm³/mol. The average molecular weight is 399 g/mol. The first kappa shape index (κ1) is 21.1. The summed E-state index contributed by atoms with van der Waals surface area (Å²) in [5.41, 5.74) is 2.83. The predicted octanol–water partition coefficient (Wildman–Crippen LogP) is 3.20. The van der Waals surface area contributed by atoms with Crippen molar-refractivity contribution in [1.82, 2.24) is 9.80 Å². The SMILES string of the molecule is CCN(Cc1ccc(OC)c(OC)c1)C(=O)c1ccccc1CN1CCOCC1. The molecule has 0 saturated carbocycles. The molecule has 1 saturated heterocycles. The maximum absolute atomic E-state index is 13.3. The van der Waals surface area contributed by atoms with Crippen molar-refractivity contribution in [2.24, 2.45) is 0 Å². The molecule has 1 heterocycles. The molecule has 2 aromatic rings. The monoisotopic (exact) mass is 398 g/mol. The zero-order valence-electron chi connectivity index (χ0n) is 17.5. The lowest BCUT2D eigenvalue weighted by atomic mass is 10.0. The van der Waals surface area contributed by atoms with E-state index in [-0.39, 0.29) is 5.91 Å². The third-order valence-electron chi connectivity index (χ3n) is 5.24. The first-order chi connectivity index (χ1) is 14.2. The molecular weight excluding hydrogens is 368 g/mol. The Balaban J connectivity index is 1.77. The van der Waals surface area contributed by atoms with Crippen LogP contribution in [0, 0.1) is 0 Å². The van der Waals surface area contributed by atoms with E-state index in [9.17, 15) is 4.79 Å². The van der Waals surface area contributed by atoms with Gasteiger partial charge in [0, 0.05) is 38.3 Å². The number of morpholine rings is 1. The molecule has 2 aromatic carbocycles. The van der Waals surface area contributed by atoms with Gasteiger partial charge in [0.25, 0.3) is 5.91 Å². The molecular formula is C23H30N2O4. The van der Waals surface area contributed by atoms with E-state index in [0.717, 1.165) is 49.5 Å². The molecule has 6 heteroatoms. The Morgan fingerprint density at radius 1 is 1.07 bits per heavy atom. The number of carbonyl (C=O) groups excluding carboxylic acids is 1. The summed E-state index contributed by atoms with van der Waals surface area (Å²) in [4.78, 5) is 17.5. The Morgan fingerprint density at radius 3 is 2.48 bits per heavy atom. The van der Waals surface area contributed by atoms with Gasteiger partial charge in [-0.05, 0) is 36.2 Å². The third kappa shape index (κ3) is 5.28. The number of hydrogen-bond acceptors (Lipinski definition) is 5. The van der Waals surface area contributed by atoms with E-state index in [2.05, 4.69) is 4.90 Å². The van der Waals surface area contributed by atoms with E-state index in [0.29, 0.717) is 24.6 Å². The fraction of sp³-hybridized carbons (Fsp3) is 0.435. The van der Waals surface area contributed by atoms with Crippen LogP contribution in [0.4, 0.5) is 0 Å². The molecule has 0 spiro atoms. The smallest absolute Gasteiger partial charge is 0.254 e. The van der Waals surface area contributed by atoms with Gasteiger partial charge in [0.1, 0.15) is 0 Å². The first-order valence-corrected chi connectivity index (χ1v) is 10.0. The molecule has 3 rings (SSSR count). The lowest BCUT2D eigenvalue weighted by molar-refractivity contribution is 0.0340. The van der Waals surface area contributed by atoms with Crippen LogP contribution < -0.4 is 9.47 Å². The lowest BCUT2D eigenvalue weighted by Gasteiger charge is -2.28. The van der Waals surface area contributed by atoms with Crippen LogP contribution in [0.3, 0.4) is 0 Å². The van der Waals surface area contributed by atoms with Crippen molar-refractivity contribution in [2.75, 3.05) is 47.1 Å². The number of hydrogen-bond donors (Lipinski definition) is 0. The van der Waals surface area contributed by atoms with Crippen LogP contribution in [0.15, 0.2) is 42.5 Å². The van der Waals surface area contributed by atoms with E-state index in [4.69, 9.17) is 14.2 Å². The maximum atomic E-state index is 13.3. The minimum Gasteiger partial charge on any atom is -0.493 e. The van der Waals surface area contributed by atoms with Crippen molar-refractivity contribution >= 4 is 5.91 Å². The molecule has 156 valence electrons. The maximum Gasteiger partial charge on any atom is 0.254 e. The molecule has 0 radical (unpaired) electrons. The van der Waals surface area contributed by atoms with Gasteiger partial charge in [-0.3, -0.25) is 9.69 Å². The summed E-state index contributed by atoms with van der Waals surface area (Å²) in [6, 6.07) is 13.7. The fourth-order valence-corrected chi connectivity index (χ4v) is 3.56. The van der Waals surface area contributed by atoms with Gasteiger partial charge in [0.05, 0.1) is 27.4 Å². The highest BCUT2D eigenvalue weighted by molar-refractivity contribution is 5.95. The molecule has 29 heavy (non-hydrogen) atoms. The van der Waals surface area contributed by atoms with Crippen molar-refractivity contribution in [2.45, 2.75) is 20.0 Å². The Morgan fingerprint density at radius 2 is 1.79 bits per heavy atom. The van der Waals surface area contributed by atoms with Gasteiger partial charge >= 0.3 is 0 Å². The van der Waals surface area contributed by atoms with E-state index < -0.39 is 0 Å². The normalized spacial score (nSPS) is 14.4. The van der Waals surface area contributed by atoms with Crippen molar-refractivity contribution < 1.29 is 19.0 Å². The van der Waals surface area contributed by atoms with Crippen LogP contribution in [-0.4, -0.2) is 62.8 Å². The molecule has 1 fully saturated rings. The lowest BCUT2D eigenvalue weighted by Crippen LogP contribution is -2.37. The summed E-state index contributed by atoms with van der Waals surface area (Å²) in [6.45, 7) is 7.19. The number of carbonyl (C=O) groups is 1. The number of amides is 1. The number of ether oxygens (including phenoxy) is 3. The van der Waals surface area contributed by atoms with Gasteiger partial charge in [-0.15, -0.1) is 0 Å². The molecule has 0 N–H and O–H groups in total. The molecule has 1 aliphatic heterocycles. The van der Waals surface area contributed by atoms with Gasteiger partial charge in [-0.25, -0.2) is 0 Å².